The summed E-state index contributed by atoms with van der Waals surface area (Å²) < 4.78 is 10.4. The number of esters is 2. The molecule has 0 aliphatic rings. The topological polar surface area (TPSA) is 77.5 Å². The molecule has 3 aromatic rings. The molecule has 0 aliphatic heterocycles. The summed E-state index contributed by atoms with van der Waals surface area (Å²) in [6.07, 6.45) is 2.21. The number of hydrogen-bond donors (Lipinski definition) is 1. The van der Waals surface area contributed by atoms with Crippen LogP contribution in [-0.4, -0.2) is 30.1 Å². The Morgan fingerprint density at radius 1 is 1.07 bits per heavy atom. The molecular weight excluding hydrogens is 392 g/mol. The molecule has 2 aromatic carbocycles. The Morgan fingerprint density at radius 3 is 2.66 bits per heavy atom. The van der Waals surface area contributed by atoms with Crippen LogP contribution in [0.1, 0.15) is 41.0 Å². The maximum absolute atomic E-state index is 12.5. The van der Waals surface area contributed by atoms with Crippen molar-refractivity contribution < 1.29 is 19.1 Å². The summed E-state index contributed by atoms with van der Waals surface area (Å²) in [6.45, 7) is 4.27. The van der Waals surface area contributed by atoms with Crippen molar-refractivity contribution in [1.29, 1.82) is 0 Å². The summed E-state index contributed by atoms with van der Waals surface area (Å²) in [5.74, 6) is -0.897. The second kappa shape index (κ2) is 9.39. The van der Waals surface area contributed by atoms with Crippen molar-refractivity contribution in [2.24, 2.45) is 0 Å². The first-order valence-electron chi connectivity index (χ1n) is 9.33. The van der Waals surface area contributed by atoms with Crippen molar-refractivity contribution in [3.63, 3.8) is 0 Å². The predicted octanol–water partition coefficient (Wildman–Crippen LogP) is 5.38. The van der Waals surface area contributed by atoms with E-state index < -0.39 is 11.9 Å². The van der Waals surface area contributed by atoms with Gasteiger partial charge in [0.1, 0.15) is 5.56 Å². The highest BCUT2D eigenvalue weighted by Gasteiger charge is 2.18. The largest absolute Gasteiger partial charge is 0.462 e. The lowest BCUT2D eigenvalue weighted by molar-refractivity contribution is 0.0501. The molecule has 0 unspecified atom stereocenters. The minimum absolute atomic E-state index is 0.241. The van der Waals surface area contributed by atoms with Gasteiger partial charge in [-0.05, 0) is 49.7 Å². The summed E-state index contributed by atoms with van der Waals surface area (Å²) in [4.78, 5) is 29.0. The van der Waals surface area contributed by atoms with Gasteiger partial charge in [-0.1, -0.05) is 24.6 Å². The Labute approximate surface area is 173 Å². The molecule has 29 heavy (non-hydrogen) atoms. The van der Waals surface area contributed by atoms with Gasteiger partial charge in [0.15, 0.2) is 0 Å². The number of nitrogens with zero attached hydrogens (tertiary/aromatic N) is 1. The fraction of sp³-hybridized carbons (Fsp3) is 0.227. The SMILES string of the molecule is CCCOC(=O)c1cccc(Nc2c(C(=O)OCC)cnc3ccc(Cl)cc23)c1. The van der Waals surface area contributed by atoms with Crippen LogP contribution in [-0.2, 0) is 9.47 Å². The van der Waals surface area contributed by atoms with Crippen LogP contribution < -0.4 is 5.32 Å². The molecule has 1 heterocycles. The number of anilines is 2. The smallest absolute Gasteiger partial charge is 0.341 e. The van der Waals surface area contributed by atoms with E-state index in [9.17, 15) is 9.59 Å². The normalized spacial score (nSPS) is 10.6. The number of aromatic nitrogens is 1. The number of carbonyl (C=O) groups excluding carboxylic acids is 2. The van der Waals surface area contributed by atoms with Gasteiger partial charge in [-0.25, -0.2) is 9.59 Å². The average molecular weight is 413 g/mol. The maximum Gasteiger partial charge on any atom is 0.341 e. The third kappa shape index (κ3) is 4.84. The maximum atomic E-state index is 12.5. The molecule has 0 saturated carbocycles. The summed E-state index contributed by atoms with van der Waals surface area (Å²) in [7, 11) is 0. The van der Waals surface area contributed by atoms with Gasteiger partial charge >= 0.3 is 11.9 Å². The van der Waals surface area contributed by atoms with Gasteiger partial charge in [-0.3, -0.25) is 4.98 Å². The van der Waals surface area contributed by atoms with E-state index in [-0.39, 0.29) is 12.2 Å². The van der Waals surface area contributed by atoms with E-state index in [1.807, 2.05) is 6.92 Å². The summed E-state index contributed by atoms with van der Waals surface area (Å²) >= 11 is 6.17. The predicted molar refractivity (Wildman–Crippen MR) is 113 cm³/mol. The monoisotopic (exact) mass is 412 g/mol. The molecule has 0 bridgehead atoms. The molecular formula is C22H21ClN2O4. The Morgan fingerprint density at radius 2 is 1.90 bits per heavy atom. The Balaban J connectivity index is 2.04. The second-order valence-corrected chi connectivity index (χ2v) is 6.71. The average Bonchev–Trinajstić information content (AvgIpc) is 2.72. The number of fused-ring (bicyclic) bond motifs is 1. The van der Waals surface area contributed by atoms with E-state index in [1.54, 1.807) is 49.4 Å². The first kappa shape index (κ1) is 20.6. The number of nitrogens with one attached hydrogen (secondary N) is 1. The van der Waals surface area contributed by atoms with Crippen LogP contribution in [0.5, 0.6) is 0 Å². The molecule has 0 spiro atoms. The molecule has 0 aliphatic carbocycles. The van der Waals surface area contributed by atoms with Gasteiger partial charge in [0, 0.05) is 22.3 Å². The van der Waals surface area contributed by atoms with Crippen LogP contribution in [0.2, 0.25) is 5.02 Å². The quantitative estimate of drug-likeness (QED) is 0.525. The molecule has 7 heteroatoms. The molecule has 0 saturated heterocycles. The van der Waals surface area contributed by atoms with E-state index >= 15 is 0 Å². The van der Waals surface area contributed by atoms with Crippen molar-refractivity contribution in [1.82, 2.24) is 4.98 Å². The van der Waals surface area contributed by atoms with E-state index in [0.717, 1.165) is 6.42 Å². The van der Waals surface area contributed by atoms with Crippen LogP contribution >= 0.6 is 11.6 Å². The Hall–Kier alpha value is -3.12. The zero-order valence-electron chi connectivity index (χ0n) is 16.2. The first-order chi connectivity index (χ1) is 14.0. The zero-order chi connectivity index (χ0) is 20.8. The molecule has 0 atom stereocenters. The number of ether oxygens (including phenoxy) is 2. The standard InChI is InChI=1S/C22H21ClN2O4/c1-3-10-29-21(26)14-6-5-7-16(11-14)25-20-17-12-15(23)8-9-19(17)24-13-18(20)22(27)28-4-2/h5-9,11-13H,3-4,10H2,1-2H3,(H,24,25). The number of rotatable bonds is 7. The van der Waals surface area contributed by atoms with Crippen LogP contribution in [0.25, 0.3) is 10.9 Å². The highest BCUT2D eigenvalue weighted by atomic mass is 35.5. The molecule has 0 radical (unpaired) electrons. The molecule has 150 valence electrons. The lowest BCUT2D eigenvalue weighted by atomic mass is 10.1. The van der Waals surface area contributed by atoms with E-state index in [0.29, 0.717) is 39.5 Å². The Kier molecular flexibility index (Phi) is 6.67. The number of carbonyl (C=O) groups is 2. The minimum atomic E-state index is -0.497. The van der Waals surface area contributed by atoms with Gasteiger partial charge < -0.3 is 14.8 Å². The first-order valence-corrected chi connectivity index (χ1v) is 9.70. The van der Waals surface area contributed by atoms with Crippen LogP contribution in [0, 0.1) is 0 Å². The van der Waals surface area contributed by atoms with Crippen molar-refractivity contribution in [3.05, 3.63) is 64.8 Å². The molecule has 1 N–H and O–H groups in total. The molecule has 3 rings (SSSR count). The van der Waals surface area contributed by atoms with Gasteiger partial charge in [-0.2, -0.15) is 0 Å². The number of hydrogen-bond acceptors (Lipinski definition) is 6. The van der Waals surface area contributed by atoms with Crippen molar-refractivity contribution in [3.8, 4) is 0 Å². The van der Waals surface area contributed by atoms with Crippen molar-refractivity contribution in [2.75, 3.05) is 18.5 Å². The van der Waals surface area contributed by atoms with E-state index in [4.69, 9.17) is 21.1 Å². The fourth-order valence-corrected chi connectivity index (χ4v) is 2.98. The third-order valence-corrected chi connectivity index (χ3v) is 4.37. The van der Waals surface area contributed by atoms with Crippen LogP contribution in [0.4, 0.5) is 11.4 Å². The van der Waals surface area contributed by atoms with Gasteiger partial charge in [0.2, 0.25) is 0 Å². The summed E-state index contributed by atoms with van der Waals surface area (Å²) in [6, 6.07) is 12.1. The molecule has 0 amide bonds. The summed E-state index contributed by atoms with van der Waals surface area (Å²) in [5.41, 5.74) is 2.49. The van der Waals surface area contributed by atoms with Gasteiger partial charge in [0.05, 0.1) is 30.0 Å². The van der Waals surface area contributed by atoms with Gasteiger partial charge in [0.25, 0.3) is 0 Å². The highest BCUT2D eigenvalue weighted by Crippen LogP contribution is 2.31. The number of halogens is 1. The fourth-order valence-electron chi connectivity index (χ4n) is 2.81. The van der Waals surface area contributed by atoms with E-state index in [2.05, 4.69) is 10.3 Å². The van der Waals surface area contributed by atoms with Crippen LogP contribution in [0.15, 0.2) is 48.7 Å². The Bertz CT molecular complexity index is 1050. The second-order valence-electron chi connectivity index (χ2n) is 6.27. The highest BCUT2D eigenvalue weighted by molar-refractivity contribution is 6.31. The molecule has 0 fully saturated rings. The zero-order valence-corrected chi connectivity index (χ0v) is 17.0. The lowest BCUT2D eigenvalue weighted by Gasteiger charge is -2.15. The molecule has 6 nitrogen and oxygen atoms in total. The number of benzene rings is 2. The third-order valence-electron chi connectivity index (χ3n) is 4.13. The molecule has 1 aromatic heterocycles. The van der Waals surface area contributed by atoms with Crippen molar-refractivity contribution in [2.45, 2.75) is 20.3 Å². The number of pyridine rings is 1. The summed E-state index contributed by atoms with van der Waals surface area (Å²) in [5, 5.41) is 4.41. The lowest BCUT2D eigenvalue weighted by Crippen LogP contribution is -2.10. The van der Waals surface area contributed by atoms with E-state index in [1.165, 1.54) is 6.20 Å². The van der Waals surface area contributed by atoms with Gasteiger partial charge in [-0.15, -0.1) is 0 Å². The minimum Gasteiger partial charge on any atom is -0.462 e. The van der Waals surface area contributed by atoms with Crippen LogP contribution in [0.3, 0.4) is 0 Å². The van der Waals surface area contributed by atoms with Crippen molar-refractivity contribution >= 4 is 45.8 Å².